The zero-order valence-corrected chi connectivity index (χ0v) is 17.6. The van der Waals surface area contributed by atoms with Gasteiger partial charge in [0.05, 0.1) is 19.8 Å². The predicted molar refractivity (Wildman–Crippen MR) is 118 cm³/mol. The number of carbonyl (C=O) groups excluding carboxylic acids is 2. The fourth-order valence-corrected chi connectivity index (χ4v) is 3.04. The second-order valence-corrected chi connectivity index (χ2v) is 6.86. The quantitative estimate of drug-likeness (QED) is 0.553. The summed E-state index contributed by atoms with van der Waals surface area (Å²) in [5.74, 6) is 1.01. The third kappa shape index (κ3) is 6.30. The number of nitrogens with zero attached hydrogens (tertiary/aromatic N) is 1. The van der Waals surface area contributed by atoms with Crippen LogP contribution in [0.15, 0.2) is 67.0 Å². The number of aromatic nitrogens is 1. The van der Waals surface area contributed by atoms with Crippen LogP contribution < -0.4 is 20.1 Å². The summed E-state index contributed by atoms with van der Waals surface area (Å²) >= 11 is 0. The molecule has 31 heavy (non-hydrogen) atoms. The molecule has 0 aliphatic carbocycles. The van der Waals surface area contributed by atoms with Gasteiger partial charge in [0.15, 0.2) is 11.5 Å². The lowest BCUT2D eigenvalue weighted by atomic mass is 10.1. The van der Waals surface area contributed by atoms with E-state index in [1.807, 2.05) is 36.4 Å². The van der Waals surface area contributed by atoms with E-state index in [-0.39, 0.29) is 11.8 Å². The summed E-state index contributed by atoms with van der Waals surface area (Å²) < 4.78 is 10.5. The molecule has 1 heterocycles. The number of hydrogen-bond acceptors (Lipinski definition) is 5. The fraction of sp³-hybridized carbons (Fsp3) is 0.208. The van der Waals surface area contributed by atoms with Crippen molar-refractivity contribution in [2.24, 2.45) is 0 Å². The van der Waals surface area contributed by atoms with Gasteiger partial charge in [0.2, 0.25) is 5.91 Å². The zero-order chi connectivity index (χ0) is 22.1. The Hall–Kier alpha value is -3.87. The third-order valence-corrected chi connectivity index (χ3v) is 4.69. The number of nitrogens with one attached hydrogen (secondary N) is 2. The molecule has 7 heteroatoms. The third-order valence-electron chi connectivity index (χ3n) is 4.69. The highest BCUT2D eigenvalue weighted by Gasteiger charge is 2.09. The molecule has 0 fully saturated rings. The molecule has 0 saturated carbocycles. The highest BCUT2D eigenvalue weighted by Crippen LogP contribution is 2.27. The minimum atomic E-state index is -0.232. The molecule has 0 bridgehead atoms. The van der Waals surface area contributed by atoms with Crippen molar-refractivity contribution in [2.45, 2.75) is 19.4 Å². The molecule has 0 spiro atoms. The first kappa shape index (κ1) is 21.8. The number of anilines is 1. The molecule has 7 nitrogen and oxygen atoms in total. The van der Waals surface area contributed by atoms with E-state index in [0.717, 1.165) is 11.1 Å². The van der Waals surface area contributed by atoms with Crippen LogP contribution in [0.4, 0.5) is 5.69 Å². The number of amides is 2. The van der Waals surface area contributed by atoms with Gasteiger partial charge in [-0.1, -0.05) is 18.2 Å². The van der Waals surface area contributed by atoms with Crippen molar-refractivity contribution in [3.05, 3.63) is 83.7 Å². The number of hydrogen-bond donors (Lipinski definition) is 2. The molecule has 2 N–H and O–H groups in total. The molecule has 0 aliphatic rings. The van der Waals surface area contributed by atoms with Crippen LogP contribution in [0.25, 0.3) is 0 Å². The Labute approximate surface area is 181 Å². The second kappa shape index (κ2) is 10.8. The molecule has 160 valence electrons. The van der Waals surface area contributed by atoms with Crippen LogP contribution in [-0.4, -0.2) is 31.0 Å². The van der Waals surface area contributed by atoms with Gasteiger partial charge in [-0.3, -0.25) is 14.6 Å². The number of carbonyl (C=O) groups is 2. The lowest BCUT2D eigenvalue weighted by Crippen LogP contribution is -2.23. The maximum Gasteiger partial charge on any atom is 0.257 e. The van der Waals surface area contributed by atoms with Crippen molar-refractivity contribution in [3.63, 3.8) is 0 Å². The van der Waals surface area contributed by atoms with Crippen molar-refractivity contribution in [1.82, 2.24) is 10.3 Å². The highest BCUT2D eigenvalue weighted by atomic mass is 16.5. The number of aryl methyl sites for hydroxylation is 1. The standard InChI is InChI=1S/C24H25N3O4/c1-30-21-10-8-17(14-22(21)31-2)9-11-23(28)26-15-18-5-3-7-20(13-18)27-24(29)19-6-4-12-25-16-19/h3-8,10,12-14,16H,9,11,15H2,1-2H3,(H,26,28)(H,27,29). The second-order valence-electron chi connectivity index (χ2n) is 6.86. The number of rotatable bonds is 9. The molecular weight excluding hydrogens is 394 g/mol. The van der Waals surface area contributed by atoms with E-state index in [9.17, 15) is 9.59 Å². The summed E-state index contributed by atoms with van der Waals surface area (Å²) in [7, 11) is 3.17. The minimum absolute atomic E-state index is 0.0559. The smallest absolute Gasteiger partial charge is 0.257 e. The minimum Gasteiger partial charge on any atom is -0.493 e. The van der Waals surface area contributed by atoms with Crippen molar-refractivity contribution < 1.29 is 19.1 Å². The van der Waals surface area contributed by atoms with Crippen molar-refractivity contribution >= 4 is 17.5 Å². The van der Waals surface area contributed by atoms with E-state index in [1.54, 1.807) is 38.6 Å². The topological polar surface area (TPSA) is 89.6 Å². The van der Waals surface area contributed by atoms with Crippen LogP contribution in [0.2, 0.25) is 0 Å². The molecule has 0 saturated heterocycles. The molecule has 2 aromatic carbocycles. The van der Waals surface area contributed by atoms with Crippen LogP contribution in [-0.2, 0) is 17.8 Å². The number of benzene rings is 2. The molecule has 0 aliphatic heterocycles. The van der Waals surface area contributed by atoms with Crippen LogP contribution >= 0.6 is 0 Å². The van der Waals surface area contributed by atoms with Crippen LogP contribution in [0.5, 0.6) is 11.5 Å². The fourth-order valence-electron chi connectivity index (χ4n) is 3.04. The summed E-state index contributed by atoms with van der Waals surface area (Å²) in [5.41, 5.74) is 3.03. The molecule has 3 aromatic rings. The number of ether oxygens (including phenoxy) is 2. The molecule has 3 rings (SSSR count). The van der Waals surface area contributed by atoms with E-state index in [0.29, 0.717) is 42.1 Å². The maximum atomic E-state index is 12.3. The molecule has 0 atom stereocenters. The molecule has 1 aromatic heterocycles. The Balaban J connectivity index is 1.50. The molecular formula is C24H25N3O4. The predicted octanol–water partition coefficient (Wildman–Crippen LogP) is 3.60. The first-order chi connectivity index (χ1) is 15.1. The monoisotopic (exact) mass is 419 g/mol. The van der Waals surface area contributed by atoms with Crippen LogP contribution in [0.3, 0.4) is 0 Å². The van der Waals surface area contributed by atoms with E-state index in [1.165, 1.54) is 6.20 Å². The number of pyridine rings is 1. The van der Waals surface area contributed by atoms with Gasteiger partial charge >= 0.3 is 0 Å². The van der Waals surface area contributed by atoms with Gasteiger partial charge < -0.3 is 20.1 Å². The summed E-state index contributed by atoms with van der Waals surface area (Å²) in [5, 5.41) is 5.75. The Morgan fingerprint density at radius 3 is 2.52 bits per heavy atom. The summed E-state index contributed by atoms with van der Waals surface area (Å²) in [4.78, 5) is 28.5. The Kier molecular flexibility index (Phi) is 7.59. The van der Waals surface area contributed by atoms with Crippen molar-refractivity contribution in [2.75, 3.05) is 19.5 Å². The average molecular weight is 419 g/mol. The first-order valence-electron chi connectivity index (χ1n) is 9.87. The molecule has 2 amide bonds. The zero-order valence-electron chi connectivity index (χ0n) is 17.6. The van der Waals surface area contributed by atoms with Crippen molar-refractivity contribution in [1.29, 1.82) is 0 Å². The van der Waals surface area contributed by atoms with E-state index >= 15 is 0 Å². The SMILES string of the molecule is COc1ccc(CCC(=O)NCc2cccc(NC(=O)c3cccnc3)c2)cc1OC. The maximum absolute atomic E-state index is 12.3. The lowest BCUT2D eigenvalue weighted by Gasteiger charge is -2.10. The van der Waals surface area contributed by atoms with Gasteiger partial charge in [0.25, 0.3) is 5.91 Å². The van der Waals surface area contributed by atoms with Gasteiger partial charge in [-0.15, -0.1) is 0 Å². The van der Waals surface area contributed by atoms with Crippen molar-refractivity contribution in [3.8, 4) is 11.5 Å². The summed E-state index contributed by atoms with van der Waals surface area (Å²) in [6.07, 6.45) is 4.07. The highest BCUT2D eigenvalue weighted by molar-refractivity contribution is 6.04. The molecule has 0 radical (unpaired) electrons. The summed E-state index contributed by atoms with van der Waals surface area (Å²) in [6, 6.07) is 16.4. The summed E-state index contributed by atoms with van der Waals surface area (Å²) in [6.45, 7) is 0.376. The normalized spacial score (nSPS) is 10.3. The molecule has 0 unspecified atom stereocenters. The van der Waals surface area contributed by atoms with E-state index in [2.05, 4.69) is 15.6 Å². The van der Waals surface area contributed by atoms with Crippen LogP contribution in [0, 0.1) is 0 Å². The Morgan fingerprint density at radius 2 is 1.77 bits per heavy atom. The number of methoxy groups -OCH3 is 2. The Morgan fingerprint density at radius 1 is 0.935 bits per heavy atom. The van der Waals surface area contributed by atoms with Gasteiger partial charge in [-0.2, -0.15) is 0 Å². The van der Waals surface area contributed by atoms with Gasteiger partial charge in [-0.25, -0.2) is 0 Å². The van der Waals surface area contributed by atoms with Gasteiger partial charge in [0, 0.05) is 31.0 Å². The lowest BCUT2D eigenvalue weighted by molar-refractivity contribution is -0.121. The largest absolute Gasteiger partial charge is 0.493 e. The van der Waals surface area contributed by atoms with Gasteiger partial charge in [0.1, 0.15) is 0 Å². The van der Waals surface area contributed by atoms with Gasteiger partial charge in [-0.05, 0) is 53.9 Å². The average Bonchev–Trinajstić information content (AvgIpc) is 2.82. The van der Waals surface area contributed by atoms with E-state index < -0.39 is 0 Å². The van der Waals surface area contributed by atoms with Crippen LogP contribution in [0.1, 0.15) is 27.9 Å². The Bertz CT molecular complexity index is 1040. The first-order valence-corrected chi connectivity index (χ1v) is 9.87. The van der Waals surface area contributed by atoms with E-state index in [4.69, 9.17) is 9.47 Å².